The van der Waals surface area contributed by atoms with Gasteiger partial charge in [-0.2, -0.15) is 0 Å². The molecule has 1 atom stereocenters. The van der Waals surface area contributed by atoms with Gasteiger partial charge in [0.15, 0.2) is 0 Å². The topological polar surface area (TPSA) is 12.0 Å². The second kappa shape index (κ2) is 7.86. The lowest BCUT2D eigenvalue weighted by molar-refractivity contribution is 0.526. The molecule has 0 bridgehead atoms. The minimum Gasteiger partial charge on any atom is -0.310 e. The van der Waals surface area contributed by atoms with Crippen LogP contribution < -0.4 is 5.32 Å². The molecular weight excluding hydrogens is 465 g/mol. The number of benzene rings is 2. The van der Waals surface area contributed by atoms with Crippen molar-refractivity contribution in [2.75, 3.05) is 6.54 Å². The van der Waals surface area contributed by atoms with Gasteiger partial charge in [0.2, 0.25) is 0 Å². The van der Waals surface area contributed by atoms with E-state index in [1.807, 2.05) is 18.2 Å². The minimum absolute atomic E-state index is 0.0567. The molecule has 0 aromatic heterocycles. The highest BCUT2D eigenvalue weighted by molar-refractivity contribution is 9.11. The zero-order chi connectivity index (χ0) is 15.4. The molecule has 1 nitrogen and oxygen atoms in total. The highest BCUT2D eigenvalue weighted by Crippen LogP contribution is 2.30. The van der Waals surface area contributed by atoms with Crippen molar-refractivity contribution in [2.45, 2.75) is 19.4 Å². The fraction of sp³-hybridized carbons (Fsp3) is 0.250. The molecule has 1 unspecified atom stereocenters. The first-order valence-corrected chi connectivity index (χ1v) is 9.01. The molecule has 21 heavy (non-hydrogen) atoms. The van der Waals surface area contributed by atoms with Crippen molar-refractivity contribution < 1.29 is 4.39 Å². The van der Waals surface area contributed by atoms with Crippen LogP contribution in [0.1, 0.15) is 24.1 Å². The fourth-order valence-corrected chi connectivity index (χ4v) is 3.97. The van der Waals surface area contributed by atoms with Crippen LogP contribution in [0.5, 0.6) is 0 Å². The van der Waals surface area contributed by atoms with Crippen LogP contribution in [0.4, 0.5) is 4.39 Å². The van der Waals surface area contributed by atoms with Crippen LogP contribution in [0.15, 0.2) is 49.8 Å². The number of halogens is 4. The third-order valence-electron chi connectivity index (χ3n) is 3.22. The smallest absolute Gasteiger partial charge is 0.126 e. The van der Waals surface area contributed by atoms with Gasteiger partial charge in [-0.3, -0.25) is 0 Å². The van der Waals surface area contributed by atoms with Gasteiger partial charge in [0.05, 0.1) is 0 Å². The molecule has 0 fully saturated rings. The minimum atomic E-state index is -0.172. The summed E-state index contributed by atoms with van der Waals surface area (Å²) in [5, 5.41) is 3.43. The molecular formula is C16H15Br3FN. The highest BCUT2D eigenvalue weighted by Gasteiger charge is 2.16. The quantitative estimate of drug-likeness (QED) is 0.554. The third-order valence-corrected chi connectivity index (χ3v) is 4.89. The molecule has 1 N–H and O–H groups in total. The molecule has 0 aliphatic heterocycles. The van der Waals surface area contributed by atoms with Crippen LogP contribution in [0.2, 0.25) is 0 Å². The van der Waals surface area contributed by atoms with E-state index in [1.54, 1.807) is 6.07 Å². The van der Waals surface area contributed by atoms with E-state index in [2.05, 4.69) is 66.1 Å². The average Bonchev–Trinajstić information content (AvgIpc) is 2.42. The summed E-state index contributed by atoms with van der Waals surface area (Å²) in [4.78, 5) is 0. The molecule has 5 heteroatoms. The summed E-state index contributed by atoms with van der Waals surface area (Å²) in [6.45, 7) is 2.87. The summed E-state index contributed by atoms with van der Waals surface area (Å²) in [5.41, 5.74) is 1.82. The van der Waals surface area contributed by atoms with Gasteiger partial charge in [-0.05, 0) is 54.4 Å². The van der Waals surface area contributed by atoms with Crippen molar-refractivity contribution in [3.63, 3.8) is 0 Å². The monoisotopic (exact) mass is 477 g/mol. The Labute approximate surface area is 149 Å². The highest BCUT2D eigenvalue weighted by atomic mass is 79.9. The zero-order valence-electron chi connectivity index (χ0n) is 11.5. The Morgan fingerprint density at radius 2 is 1.71 bits per heavy atom. The molecule has 0 saturated carbocycles. The van der Waals surface area contributed by atoms with Gasteiger partial charge in [0.25, 0.3) is 0 Å². The second-order valence-corrected chi connectivity index (χ2v) is 7.40. The molecule has 0 spiro atoms. The summed E-state index contributed by atoms with van der Waals surface area (Å²) >= 11 is 10.4. The van der Waals surface area contributed by atoms with Crippen LogP contribution >= 0.6 is 47.8 Å². The van der Waals surface area contributed by atoms with Gasteiger partial charge in [0, 0.05) is 19.5 Å². The summed E-state index contributed by atoms with van der Waals surface area (Å²) < 4.78 is 16.9. The average molecular weight is 480 g/mol. The van der Waals surface area contributed by atoms with E-state index in [4.69, 9.17) is 0 Å². The summed E-state index contributed by atoms with van der Waals surface area (Å²) in [6.07, 6.45) is 0.597. The molecule has 0 aliphatic carbocycles. The maximum atomic E-state index is 14.0. The molecule has 0 aliphatic rings. The van der Waals surface area contributed by atoms with E-state index < -0.39 is 0 Å². The molecule has 2 aromatic rings. The number of rotatable bonds is 5. The van der Waals surface area contributed by atoms with Gasteiger partial charge in [0.1, 0.15) is 5.82 Å². The molecule has 112 valence electrons. The zero-order valence-corrected chi connectivity index (χ0v) is 16.2. The molecule has 0 radical (unpaired) electrons. The van der Waals surface area contributed by atoms with Crippen LogP contribution in [-0.4, -0.2) is 6.54 Å². The van der Waals surface area contributed by atoms with Crippen LogP contribution in [0.25, 0.3) is 0 Å². The van der Waals surface area contributed by atoms with Crippen molar-refractivity contribution in [3.05, 3.63) is 66.8 Å². The second-order valence-electron chi connectivity index (χ2n) is 4.72. The largest absolute Gasteiger partial charge is 0.310 e. The Kier molecular flexibility index (Phi) is 6.41. The van der Waals surface area contributed by atoms with E-state index in [0.29, 0.717) is 12.0 Å². The van der Waals surface area contributed by atoms with Gasteiger partial charge >= 0.3 is 0 Å². The lowest BCUT2D eigenvalue weighted by Crippen LogP contribution is -2.23. The Bertz CT molecular complexity index is 631. The number of hydrogen-bond donors (Lipinski definition) is 1. The molecule has 0 saturated heterocycles. The van der Waals surface area contributed by atoms with Crippen molar-refractivity contribution in [2.24, 2.45) is 0 Å². The Balaban J connectivity index is 2.32. The Morgan fingerprint density at radius 3 is 2.38 bits per heavy atom. The lowest BCUT2D eigenvalue weighted by atomic mass is 9.98. The molecule has 0 heterocycles. The van der Waals surface area contributed by atoms with Crippen molar-refractivity contribution in [1.29, 1.82) is 0 Å². The summed E-state index contributed by atoms with van der Waals surface area (Å²) in [5.74, 6) is -0.172. The summed E-state index contributed by atoms with van der Waals surface area (Å²) in [7, 11) is 0. The predicted octanol–water partition coefficient (Wildman–Crippen LogP) is 6.01. The fourth-order valence-electron chi connectivity index (χ4n) is 2.24. The molecule has 2 rings (SSSR count). The van der Waals surface area contributed by atoms with Crippen LogP contribution in [-0.2, 0) is 6.42 Å². The maximum Gasteiger partial charge on any atom is 0.126 e. The van der Waals surface area contributed by atoms with Gasteiger partial charge in [-0.25, -0.2) is 4.39 Å². The molecule has 2 aromatic carbocycles. The SMILES string of the molecule is CCNC(Cc1cc(Br)ccc1F)c1ccc(Br)cc1Br. The Morgan fingerprint density at radius 1 is 1.05 bits per heavy atom. The normalized spacial score (nSPS) is 12.4. The summed E-state index contributed by atoms with van der Waals surface area (Å²) in [6, 6.07) is 11.2. The molecule has 0 amide bonds. The number of hydrogen-bond acceptors (Lipinski definition) is 1. The van der Waals surface area contributed by atoms with E-state index in [1.165, 1.54) is 6.07 Å². The van der Waals surface area contributed by atoms with Gasteiger partial charge in [-0.1, -0.05) is 60.8 Å². The van der Waals surface area contributed by atoms with Crippen LogP contribution in [0.3, 0.4) is 0 Å². The van der Waals surface area contributed by atoms with E-state index >= 15 is 0 Å². The number of nitrogens with one attached hydrogen (secondary N) is 1. The van der Waals surface area contributed by atoms with E-state index in [-0.39, 0.29) is 11.9 Å². The maximum absolute atomic E-state index is 14.0. The van der Waals surface area contributed by atoms with Gasteiger partial charge < -0.3 is 5.32 Å². The first-order valence-electron chi connectivity index (χ1n) is 6.63. The van der Waals surface area contributed by atoms with Crippen LogP contribution in [0, 0.1) is 5.82 Å². The van der Waals surface area contributed by atoms with Gasteiger partial charge in [-0.15, -0.1) is 0 Å². The predicted molar refractivity (Wildman–Crippen MR) is 96.1 cm³/mol. The Hall–Kier alpha value is -0.230. The van der Waals surface area contributed by atoms with E-state index in [0.717, 1.165) is 25.5 Å². The van der Waals surface area contributed by atoms with Crippen molar-refractivity contribution >= 4 is 47.8 Å². The van der Waals surface area contributed by atoms with Crippen molar-refractivity contribution in [3.8, 4) is 0 Å². The lowest BCUT2D eigenvalue weighted by Gasteiger charge is -2.20. The third kappa shape index (κ3) is 4.62. The first-order chi connectivity index (χ1) is 10.0. The standard InChI is InChI=1S/C16H15Br3FN/c1-2-21-16(13-5-3-12(18)9-14(13)19)8-10-7-11(17)4-6-15(10)20/h3-7,9,16,21H,2,8H2,1H3. The van der Waals surface area contributed by atoms with Crippen molar-refractivity contribution in [1.82, 2.24) is 5.32 Å². The van der Waals surface area contributed by atoms with E-state index in [9.17, 15) is 4.39 Å². The first kappa shape index (κ1) is 17.1. The number of likely N-dealkylation sites (N-methyl/N-ethyl adjacent to an activating group) is 1.